The number of carbonyl (C=O) groups excluding carboxylic acids is 2. The van der Waals surface area contributed by atoms with E-state index in [1.165, 1.54) is 6.92 Å². The van der Waals surface area contributed by atoms with Crippen molar-refractivity contribution < 1.29 is 14.3 Å². The summed E-state index contributed by atoms with van der Waals surface area (Å²) in [5.74, 6) is 3.65. The molecule has 3 rings (SSSR count). The summed E-state index contributed by atoms with van der Waals surface area (Å²) in [7, 11) is 1.74. The van der Waals surface area contributed by atoms with Crippen LogP contribution >= 0.6 is 0 Å². The quantitative estimate of drug-likeness (QED) is 0.457. The third-order valence-corrected chi connectivity index (χ3v) is 4.30. The molecule has 0 aliphatic rings. The standard InChI is InChI=1S/C23H21N3O3/c1-4-13-26-16-18(14-24-26)15-25(3)23(28)20-7-11-22(12-8-20)29-21-9-5-19(6-10-21)17(2)27/h1,5-12,14,16H,13,15H2,2-3H3. The Morgan fingerprint density at radius 1 is 1.07 bits per heavy atom. The van der Waals surface area contributed by atoms with Crippen molar-refractivity contribution in [1.82, 2.24) is 14.7 Å². The zero-order valence-electron chi connectivity index (χ0n) is 16.3. The van der Waals surface area contributed by atoms with Crippen molar-refractivity contribution in [3.05, 3.63) is 77.6 Å². The lowest BCUT2D eigenvalue weighted by atomic mass is 10.1. The van der Waals surface area contributed by atoms with Crippen LogP contribution in [0.15, 0.2) is 60.9 Å². The summed E-state index contributed by atoms with van der Waals surface area (Å²) in [6, 6.07) is 13.8. The van der Waals surface area contributed by atoms with Crippen molar-refractivity contribution in [1.29, 1.82) is 0 Å². The molecule has 0 unspecified atom stereocenters. The number of rotatable bonds is 7. The second-order valence-electron chi connectivity index (χ2n) is 6.62. The Hall–Kier alpha value is -3.85. The highest BCUT2D eigenvalue weighted by Gasteiger charge is 2.13. The average molecular weight is 387 g/mol. The average Bonchev–Trinajstić information content (AvgIpc) is 3.15. The highest BCUT2D eigenvalue weighted by Crippen LogP contribution is 2.22. The molecule has 1 amide bonds. The van der Waals surface area contributed by atoms with Gasteiger partial charge in [-0.1, -0.05) is 5.92 Å². The van der Waals surface area contributed by atoms with Crippen molar-refractivity contribution in [2.75, 3.05) is 7.05 Å². The van der Waals surface area contributed by atoms with Gasteiger partial charge < -0.3 is 9.64 Å². The summed E-state index contributed by atoms with van der Waals surface area (Å²) in [4.78, 5) is 25.6. The van der Waals surface area contributed by atoms with E-state index in [9.17, 15) is 9.59 Å². The minimum atomic E-state index is -0.105. The number of hydrogen-bond acceptors (Lipinski definition) is 4. The number of benzene rings is 2. The second-order valence-corrected chi connectivity index (χ2v) is 6.62. The van der Waals surface area contributed by atoms with Gasteiger partial charge in [0.05, 0.1) is 6.20 Å². The van der Waals surface area contributed by atoms with Crippen LogP contribution in [0, 0.1) is 12.3 Å². The van der Waals surface area contributed by atoms with E-state index >= 15 is 0 Å². The summed E-state index contributed by atoms with van der Waals surface area (Å²) in [6.07, 6.45) is 8.81. The van der Waals surface area contributed by atoms with Gasteiger partial charge in [-0.05, 0) is 55.5 Å². The fraction of sp³-hybridized carbons (Fsp3) is 0.174. The highest BCUT2D eigenvalue weighted by molar-refractivity contribution is 5.94. The number of carbonyl (C=O) groups is 2. The number of aromatic nitrogens is 2. The molecule has 0 atom stereocenters. The number of Topliss-reactive ketones (excluding diaryl/α,β-unsaturated/α-hetero) is 1. The smallest absolute Gasteiger partial charge is 0.253 e. The summed E-state index contributed by atoms with van der Waals surface area (Å²) in [5.41, 5.74) is 2.10. The lowest BCUT2D eigenvalue weighted by Crippen LogP contribution is -2.25. The van der Waals surface area contributed by atoms with Gasteiger partial charge in [0.1, 0.15) is 18.0 Å². The zero-order valence-corrected chi connectivity index (χ0v) is 16.3. The van der Waals surface area contributed by atoms with E-state index in [1.54, 1.807) is 71.4 Å². The first-order chi connectivity index (χ1) is 14.0. The van der Waals surface area contributed by atoms with Gasteiger partial charge in [0, 0.05) is 36.5 Å². The lowest BCUT2D eigenvalue weighted by molar-refractivity contribution is 0.0785. The molecule has 0 spiro atoms. The monoisotopic (exact) mass is 387 g/mol. The van der Waals surface area contributed by atoms with Crippen molar-refractivity contribution in [2.45, 2.75) is 20.0 Å². The van der Waals surface area contributed by atoms with Gasteiger partial charge in [-0.3, -0.25) is 14.3 Å². The SMILES string of the molecule is C#CCn1cc(CN(C)C(=O)c2ccc(Oc3ccc(C(C)=O)cc3)cc2)cn1. The number of amides is 1. The first-order valence-corrected chi connectivity index (χ1v) is 9.05. The van der Waals surface area contributed by atoms with Crippen LogP contribution in [0.1, 0.15) is 33.2 Å². The molecule has 0 saturated carbocycles. The van der Waals surface area contributed by atoms with E-state index < -0.39 is 0 Å². The van der Waals surface area contributed by atoms with Crippen molar-refractivity contribution in [3.8, 4) is 23.8 Å². The van der Waals surface area contributed by atoms with Crippen LogP contribution in [0.3, 0.4) is 0 Å². The van der Waals surface area contributed by atoms with Gasteiger partial charge in [0.2, 0.25) is 0 Å². The third-order valence-electron chi connectivity index (χ3n) is 4.30. The van der Waals surface area contributed by atoms with Crippen LogP contribution in [0.2, 0.25) is 0 Å². The van der Waals surface area contributed by atoms with Crippen LogP contribution in [-0.2, 0) is 13.1 Å². The normalized spacial score (nSPS) is 10.2. The Bertz CT molecular complexity index is 1040. The fourth-order valence-electron chi connectivity index (χ4n) is 2.79. The minimum absolute atomic E-state index is 0.00642. The summed E-state index contributed by atoms with van der Waals surface area (Å²) in [6.45, 7) is 2.35. The predicted octanol–water partition coefficient (Wildman–Crippen LogP) is 3.78. The minimum Gasteiger partial charge on any atom is -0.457 e. The molecular weight excluding hydrogens is 366 g/mol. The molecular formula is C23H21N3O3. The number of ketones is 1. The third kappa shape index (κ3) is 5.11. The molecule has 29 heavy (non-hydrogen) atoms. The van der Waals surface area contributed by atoms with Crippen LogP contribution in [-0.4, -0.2) is 33.4 Å². The maximum atomic E-state index is 12.6. The van der Waals surface area contributed by atoms with E-state index in [2.05, 4.69) is 11.0 Å². The van der Waals surface area contributed by atoms with Gasteiger partial charge in [-0.15, -0.1) is 6.42 Å². The number of nitrogens with zero attached hydrogens (tertiary/aromatic N) is 3. The van der Waals surface area contributed by atoms with E-state index in [0.717, 1.165) is 5.56 Å². The maximum Gasteiger partial charge on any atom is 0.253 e. The molecule has 2 aromatic carbocycles. The number of hydrogen-bond donors (Lipinski definition) is 0. The van der Waals surface area contributed by atoms with E-state index in [-0.39, 0.29) is 11.7 Å². The molecule has 0 fully saturated rings. The first kappa shape index (κ1) is 19.9. The molecule has 0 N–H and O–H groups in total. The first-order valence-electron chi connectivity index (χ1n) is 9.05. The summed E-state index contributed by atoms with van der Waals surface area (Å²) in [5, 5.41) is 4.16. The van der Waals surface area contributed by atoms with Crippen LogP contribution in [0.5, 0.6) is 11.5 Å². The Morgan fingerprint density at radius 3 is 2.21 bits per heavy atom. The van der Waals surface area contributed by atoms with Gasteiger partial charge in [0.25, 0.3) is 5.91 Å². The van der Waals surface area contributed by atoms with Crippen molar-refractivity contribution in [3.63, 3.8) is 0 Å². The summed E-state index contributed by atoms with van der Waals surface area (Å²) < 4.78 is 7.42. The molecule has 6 nitrogen and oxygen atoms in total. The Kier molecular flexibility index (Phi) is 6.10. The van der Waals surface area contributed by atoms with Crippen molar-refractivity contribution in [2.24, 2.45) is 0 Å². The van der Waals surface area contributed by atoms with Crippen LogP contribution in [0.4, 0.5) is 0 Å². The Labute approximate surface area is 169 Å². The van der Waals surface area contributed by atoms with Gasteiger partial charge in [-0.25, -0.2) is 0 Å². The Morgan fingerprint density at radius 2 is 1.66 bits per heavy atom. The second kappa shape index (κ2) is 8.89. The van der Waals surface area contributed by atoms with E-state index in [4.69, 9.17) is 11.2 Å². The zero-order chi connectivity index (χ0) is 20.8. The van der Waals surface area contributed by atoms with E-state index in [0.29, 0.717) is 35.7 Å². The molecule has 6 heteroatoms. The molecule has 0 bridgehead atoms. The largest absolute Gasteiger partial charge is 0.457 e. The highest BCUT2D eigenvalue weighted by atomic mass is 16.5. The molecule has 1 aromatic heterocycles. The Balaban J connectivity index is 1.61. The van der Waals surface area contributed by atoms with Gasteiger partial charge >= 0.3 is 0 Å². The van der Waals surface area contributed by atoms with Gasteiger partial charge in [0.15, 0.2) is 5.78 Å². The van der Waals surface area contributed by atoms with Gasteiger partial charge in [-0.2, -0.15) is 5.10 Å². The molecule has 0 aliphatic heterocycles. The van der Waals surface area contributed by atoms with Crippen molar-refractivity contribution >= 4 is 11.7 Å². The molecule has 146 valence electrons. The summed E-state index contributed by atoms with van der Waals surface area (Å²) >= 11 is 0. The molecule has 3 aromatic rings. The van der Waals surface area contributed by atoms with Crippen LogP contribution in [0.25, 0.3) is 0 Å². The predicted molar refractivity (Wildman–Crippen MR) is 110 cm³/mol. The maximum absolute atomic E-state index is 12.6. The fourth-order valence-corrected chi connectivity index (χ4v) is 2.79. The molecule has 0 aliphatic carbocycles. The number of ether oxygens (including phenoxy) is 1. The molecule has 1 heterocycles. The molecule has 0 radical (unpaired) electrons. The number of terminal acetylenes is 1. The molecule has 0 saturated heterocycles. The van der Waals surface area contributed by atoms with E-state index in [1.807, 2.05) is 6.20 Å². The lowest BCUT2D eigenvalue weighted by Gasteiger charge is -2.16. The topological polar surface area (TPSA) is 64.4 Å². The van der Waals surface area contributed by atoms with Crippen LogP contribution < -0.4 is 4.74 Å².